The monoisotopic (exact) mass is 1420 g/mol. The Bertz CT molecular complexity index is 3440. The zero-order chi connectivity index (χ0) is 72.5. The van der Waals surface area contributed by atoms with E-state index in [1.54, 1.807) is 66.7 Å². The molecule has 0 radical (unpaired) electrons. The van der Waals surface area contributed by atoms with Crippen molar-refractivity contribution >= 4 is 76.7 Å². The minimum absolute atomic E-state index is 0.0213. The summed E-state index contributed by atoms with van der Waals surface area (Å²) >= 11 is 0. The minimum Gasteiger partial charge on any atom is -0.489 e. The molecule has 3 aliphatic heterocycles. The van der Waals surface area contributed by atoms with Gasteiger partial charge in [0.2, 0.25) is 47.3 Å². The van der Waals surface area contributed by atoms with E-state index in [1.807, 2.05) is 30.3 Å². The molecule has 0 aliphatic carbocycles. The number of fused-ring (bicyclic) bond motifs is 1. The van der Waals surface area contributed by atoms with Crippen LogP contribution in [0.5, 0.6) is 5.75 Å². The first-order valence-corrected chi connectivity index (χ1v) is 33.5. The third-order valence-electron chi connectivity index (χ3n) is 15.4. The predicted octanol–water partition coefficient (Wildman–Crippen LogP) is -0.00520. The molecule has 0 aromatic heterocycles. The first kappa shape index (κ1) is 79.3. The van der Waals surface area contributed by atoms with Gasteiger partial charge in [0.05, 0.1) is 125 Å². The Kier molecular flexibility index (Phi) is 34.9. The molecule has 0 spiro atoms. The maximum atomic E-state index is 13.4. The van der Waals surface area contributed by atoms with Crippen molar-refractivity contribution in [3.8, 4) is 5.75 Å². The first-order chi connectivity index (χ1) is 49.6. The Hall–Kier alpha value is -10.1. The van der Waals surface area contributed by atoms with Crippen LogP contribution in [0.3, 0.4) is 0 Å². The second-order valence-electron chi connectivity index (χ2n) is 23.1. The van der Waals surface area contributed by atoms with Crippen molar-refractivity contribution < 1.29 is 100 Å². The number of amides is 13. The lowest BCUT2D eigenvalue weighted by atomic mass is 10.0. The predicted molar refractivity (Wildman–Crippen MR) is 363 cm³/mol. The first-order valence-electron chi connectivity index (χ1n) is 33.5. The van der Waals surface area contributed by atoms with Gasteiger partial charge in [0.25, 0.3) is 17.7 Å². The zero-order valence-corrected chi connectivity index (χ0v) is 56.7. The van der Waals surface area contributed by atoms with Crippen LogP contribution in [0.1, 0.15) is 63.9 Å². The molecule has 7 rings (SSSR count). The maximum Gasteiger partial charge on any atom is 0.319 e. The van der Waals surface area contributed by atoms with Gasteiger partial charge in [-0.05, 0) is 64.6 Å². The lowest BCUT2D eigenvalue weighted by Gasteiger charge is -2.29. The molecule has 3 heterocycles. The summed E-state index contributed by atoms with van der Waals surface area (Å²) in [5.74, 6) is -4.52. The summed E-state index contributed by atoms with van der Waals surface area (Å²) in [6.45, 7) is 5.28. The van der Waals surface area contributed by atoms with E-state index in [-0.39, 0.29) is 109 Å². The fourth-order valence-electron chi connectivity index (χ4n) is 10.0. The number of hydrogen-bond donors (Lipinski definition) is 9. The van der Waals surface area contributed by atoms with E-state index in [0.29, 0.717) is 109 Å². The number of nitrogens with zero attached hydrogens (tertiary/aromatic N) is 2. The highest BCUT2D eigenvalue weighted by molar-refractivity contribution is 6.13. The quantitative estimate of drug-likeness (QED) is 0.0207. The molecule has 32 heteroatoms. The van der Waals surface area contributed by atoms with Crippen LogP contribution in [-0.4, -0.2) is 231 Å². The number of benzene rings is 4. The summed E-state index contributed by atoms with van der Waals surface area (Å²) in [5, 5.41) is 23.4. The van der Waals surface area contributed by atoms with Gasteiger partial charge in [-0.3, -0.25) is 63.0 Å². The molecule has 9 N–H and O–H groups in total. The van der Waals surface area contributed by atoms with Gasteiger partial charge >= 0.3 is 6.03 Å². The van der Waals surface area contributed by atoms with Crippen LogP contribution in [-0.2, 0) is 119 Å². The molecule has 0 saturated carbocycles. The standard InChI is InChI=1S/C70H89N11O21/c82-59(20-23-80-65(88)18-19-66(80)89)71-22-25-95-27-29-97-31-33-99-35-37-101-39-38-100-36-34-98-32-30-96-28-26-94-24-21-60(83)73-44-62(85)74-46-64(87)78-57(41-49-4-2-1-3-5-49)67(90)75-45-63(86)72-42-50-6-8-51(9-7-50)48-102-55-13-11-54(12-14-55)77-70(93)76-43-52-10-15-56-53(40-52)47-81(69(56)92)58-16-17-61(84)79-68(58)91/h1-15,18-19,40,57-58H,16-17,20-39,41-48H2,(H,71,82)(H,72,86)(H,73,83)(H,74,85)(H,75,90)(H,78,87)(H2,76,77,93)(H,79,84,91)/t57-,58?/m0/s1. The third kappa shape index (κ3) is 30.0. The molecular formula is C70H89N11O21. The Morgan fingerprint density at radius 3 is 1.65 bits per heavy atom. The van der Waals surface area contributed by atoms with Crippen molar-refractivity contribution in [2.24, 2.45) is 0 Å². The summed E-state index contributed by atoms with van der Waals surface area (Å²) < 4.78 is 49.7. The van der Waals surface area contributed by atoms with Crippen LogP contribution in [0.15, 0.2) is 109 Å². The zero-order valence-electron chi connectivity index (χ0n) is 56.7. The molecule has 1 unspecified atom stereocenters. The second kappa shape index (κ2) is 44.9. The number of nitrogens with one attached hydrogen (secondary N) is 9. The van der Waals surface area contributed by atoms with Crippen molar-refractivity contribution in [3.63, 3.8) is 0 Å². The molecule has 1 fully saturated rings. The highest BCUT2D eigenvalue weighted by atomic mass is 16.6. The summed E-state index contributed by atoms with van der Waals surface area (Å²) in [6, 6.07) is 26.1. The van der Waals surface area contributed by atoms with Crippen molar-refractivity contribution in [2.75, 3.05) is 144 Å². The summed E-state index contributed by atoms with van der Waals surface area (Å²) in [4.78, 5) is 151. The fraction of sp³-hybridized carbons (Fsp3) is 0.457. The van der Waals surface area contributed by atoms with Gasteiger partial charge in [-0.15, -0.1) is 0 Å². The van der Waals surface area contributed by atoms with Gasteiger partial charge in [-0.2, -0.15) is 0 Å². The van der Waals surface area contributed by atoms with Gasteiger partial charge in [-0.25, -0.2) is 4.79 Å². The molecule has 13 amide bonds. The van der Waals surface area contributed by atoms with E-state index in [4.69, 9.17) is 42.6 Å². The van der Waals surface area contributed by atoms with Crippen LogP contribution in [0, 0.1) is 0 Å². The van der Waals surface area contributed by atoms with Gasteiger partial charge < -0.3 is 90.1 Å². The molecule has 4 aromatic carbocycles. The Labute approximate surface area is 589 Å². The highest BCUT2D eigenvalue weighted by Crippen LogP contribution is 2.28. The number of urea groups is 1. The lowest BCUT2D eigenvalue weighted by Crippen LogP contribution is -2.52. The lowest BCUT2D eigenvalue weighted by molar-refractivity contribution is -0.138. The average molecular weight is 1420 g/mol. The molecule has 2 atom stereocenters. The maximum absolute atomic E-state index is 13.4. The number of hydrogen-bond acceptors (Lipinski definition) is 21. The van der Waals surface area contributed by atoms with Crippen molar-refractivity contribution in [3.05, 3.63) is 143 Å². The van der Waals surface area contributed by atoms with Crippen molar-refractivity contribution in [1.29, 1.82) is 0 Å². The van der Waals surface area contributed by atoms with E-state index in [2.05, 4.69) is 47.9 Å². The van der Waals surface area contributed by atoms with E-state index in [1.165, 1.54) is 17.1 Å². The van der Waals surface area contributed by atoms with Crippen LogP contribution < -0.4 is 52.6 Å². The number of imide groups is 2. The topological polar surface area (TPSA) is 403 Å². The number of piperidine rings is 1. The van der Waals surface area contributed by atoms with Crippen molar-refractivity contribution in [1.82, 2.24) is 52.3 Å². The van der Waals surface area contributed by atoms with E-state index in [0.717, 1.165) is 32.7 Å². The summed E-state index contributed by atoms with van der Waals surface area (Å²) in [7, 11) is 0. The molecular weight excluding hydrogens is 1330 g/mol. The number of rotatable bonds is 49. The fourth-order valence-corrected chi connectivity index (χ4v) is 10.0. The van der Waals surface area contributed by atoms with Crippen LogP contribution in [0.25, 0.3) is 0 Å². The molecule has 4 aromatic rings. The number of carbonyl (C=O) groups excluding carboxylic acids is 12. The number of ether oxygens (including phenoxy) is 9. The Morgan fingerprint density at radius 2 is 1.03 bits per heavy atom. The molecule has 102 heavy (non-hydrogen) atoms. The SMILES string of the molecule is O=C(CCN1C(=O)C=CC1=O)NCCOCCOCCOCCOCCOCCOCCOCCOCCC(=O)NCC(=O)NCC(=O)N[C@@H](Cc1ccccc1)C(=O)NCC(=O)NCc1ccc(COc2ccc(NC(=O)NCc3ccc4c(c3)CN(C3CCC(=O)NC3=O)C4=O)cc2)cc1. The minimum atomic E-state index is -1.10. The van der Waals surface area contributed by atoms with Crippen LogP contribution in [0.2, 0.25) is 0 Å². The van der Waals surface area contributed by atoms with E-state index in [9.17, 15) is 57.5 Å². The van der Waals surface area contributed by atoms with E-state index >= 15 is 0 Å². The molecule has 32 nitrogen and oxygen atoms in total. The molecule has 550 valence electrons. The third-order valence-corrected chi connectivity index (χ3v) is 15.4. The van der Waals surface area contributed by atoms with Crippen molar-refractivity contribution in [2.45, 2.75) is 70.4 Å². The van der Waals surface area contributed by atoms with E-state index < -0.39 is 78.5 Å². The largest absolute Gasteiger partial charge is 0.489 e. The van der Waals surface area contributed by atoms with Crippen LogP contribution in [0.4, 0.5) is 10.5 Å². The van der Waals surface area contributed by atoms with Gasteiger partial charge in [0.1, 0.15) is 24.4 Å². The van der Waals surface area contributed by atoms with Gasteiger partial charge in [0, 0.05) is 81.8 Å². The second-order valence-corrected chi connectivity index (χ2v) is 23.1. The molecule has 0 bridgehead atoms. The Balaban J connectivity index is 0.633. The average Bonchev–Trinajstić information content (AvgIpc) is 1.63. The summed E-state index contributed by atoms with van der Waals surface area (Å²) in [5.41, 5.74) is 4.88. The molecule has 1 saturated heterocycles. The van der Waals surface area contributed by atoms with Crippen LogP contribution >= 0.6 is 0 Å². The Morgan fingerprint density at radius 1 is 0.500 bits per heavy atom. The van der Waals surface area contributed by atoms with Gasteiger partial charge in [-0.1, -0.05) is 66.7 Å². The van der Waals surface area contributed by atoms with Gasteiger partial charge in [0.15, 0.2) is 0 Å². The number of anilines is 1. The molecule has 3 aliphatic rings. The highest BCUT2D eigenvalue weighted by Gasteiger charge is 2.39. The smallest absolute Gasteiger partial charge is 0.319 e. The number of carbonyl (C=O) groups is 12. The normalized spacial score (nSPS) is 14.2. The summed E-state index contributed by atoms with van der Waals surface area (Å²) in [6.07, 6.45) is 2.88.